The number of carbonyl (C=O) groups excluding carboxylic acids is 1. The summed E-state index contributed by atoms with van der Waals surface area (Å²) in [4.78, 5) is 22.9. The van der Waals surface area contributed by atoms with Gasteiger partial charge in [0.2, 0.25) is 0 Å². The van der Waals surface area contributed by atoms with E-state index < -0.39 is 39.0 Å². The van der Waals surface area contributed by atoms with Crippen LogP contribution < -0.4 is 5.73 Å². The summed E-state index contributed by atoms with van der Waals surface area (Å²) in [6.45, 7) is 0. The second-order valence-electron chi connectivity index (χ2n) is 3.39. The fourth-order valence-corrected chi connectivity index (χ4v) is 1.44. The Morgan fingerprint density at radius 3 is 2.22 bits per heavy atom. The number of carboxylic acid groups (broad SMARTS) is 1. The van der Waals surface area contributed by atoms with Crippen LogP contribution in [0.2, 0.25) is 0 Å². The molecule has 1 unspecified atom stereocenters. The molecule has 0 aliphatic carbocycles. The van der Waals surface area contributed by atoms with Crippen LogP contribution in [0.5, 0.6) is 11.5 Å². The first-order valence-corrected chi connectivity index (χ1v) is 5.06. The second kappa shape index (κ2) is 4.87. The SMILES string of the molecule is NC(C(=O)O)(C(=O)c1cccc(O)c1O)[C](O)=[Fe]. The van der Waals surface area contributed by atoms with Gasteiger partial charge in [-0.3, -0.25) is 0 Å². The van der Waals surface area contributed by atoms with Gasteiger partial charge in [-0.2, -0.15) is 0 Å². The van der Waals surface area contributed by atoms with E-state index in [1.54, 1.807) is 0 Å². The molecule has 0 bridgehead atoms. The molecule has 1 aromatic rings. The number of carbonyl (C=O) groups is 2. The first-order valence-electron chi connectivity index (χ1n) is 4.51. The zero-order valence-corrected chi connectivity index (χ0v) is 9.87. The van der Waals surface area contributed by atoms with Gasteiger partial charge in [-0.15, -0.1) is 0 Å². The summed E-state index contributed by atoms with van der Waals surface area (Å²) in [6.07, 6.45) is 0. The molecule has 0 fully saturated rings. The number of nitrogens with two attached hydrogens (primary N) is 1. The molecular weight excluding hydrogens is 286 g/mol. The average molecular weight is 295 g/mol. The molecule has 1 aromatic carbocycles. The summed E-state index contributed by atoms with van der Waals surface area (Å²) in [5.74, 6) is -4.56. The van der Waals surface area contributed by atoms with Gasteiger partial charge >= 0.3 is 108 Å². The number of aromatic hydroxyl groups is 2. The molecule has 1 rings (SSSR count). The Labute approximate surface area is 109 Å². The van der Waals surface area contributed by atoms with Gasteiger partial charge in [0.05, 0.1) is 0 Å². The summed E-state index contributed by atoms with van der Waals surface area (Å²) in [5, 5.41) is 36.7. The normalized spacial score (nSPS) is 13.7. The van der Waals surface area contributed by atoms with Crippen LogP contribution in [0.3, 0.4) is 0 Å². The number of aliphatic carboxylic acids is 1. The molecule has 0 aliphatic heterocycles. The van der Waals surface area contributed by atoms with Crippen LogP contribution in [0.25, 0.3) is 0 Å². The zero-order valence-electron chi connectivity index (χ0n) is 8.77. The average Bonchev–Trinajstić information content (AvgIpc) is 2.30. The standard InChI is InChI=1S/C10H9NO6.Fe/c11-10(4-12,9(16)17)8(15)5-2-1-3-6(13)7(5)14;/h1-3,12-14H,11H2,(H,16,17);. The fraction of sp³-hybridized carbons (Fsp3) is 0.100. The Balaban J connectivity index is 3.41. The number of Topliss-reactive ketones (excluding diaryl/α,β-unsaturated/α-hetero) is 1. The summed E-state index contributed by atoms with van der Waals surface area (Å²) < 4.78 is -1.08. The van der Waals surface area contributed by atoms with Gasteiger partial charge < -0.3 is 0 Å². The van der Waals surface area contributed by atoms with E-state index in [4.69, 9.17) is 15.9 Å². The zero-order chi connectivity index (χ0) is 14.1. The third-order valence-electron chi connectivity index (χ3n) is 2.27. The Hall–Kier alpha value is -1.73. The maximum absolute atomic E-state index is 11.9. The number of para-hydroxylation sites is 1. The van der Waals surface area contributed by atoms with Crippen LogP contribution in [0.15, 0.2) is 18.2 Å². The van der Waals surface area contributed by atoms with Gasteiger partial charge in [-0.05, 0) is 0 Å². The Kier molecular flexibility index (Phi) is 3.88. The Bertz CT molecular complexity index is 527. The number of benzene rings is 1. The Morgan fingerprint density at radius 2 is 1.78 bits per heavy atom. The van der Waals surface area contributed by atoms with Crippen LogP contribution in [-0.2, 0) is 20.4 Å². The predicted molar refractivity (Wildman–Crippen MR) is 55.6 cm³/mol. The van der Waals surface area contributed by atoms with Crippen molar-refractivity contribution >= 4 is 16.4 Å². The molecule has 0 heterocycles. The molecule has 1 atom stereocenters. The van der Waals surface area contributed by atoms with Crippen LogP contribution >= 0.6 is 0 Å². The van der Waals surface area contributed by atoms with E-state index in [0.717, 1.165) is 12.1 Å². The molecule has 7 nitrogen and oxygen atoms in total. The van der Waals surface area contributed by atoms with Crippen molar-refractivity contribution in [2.45, 2.75) is 5.54 Å². The van der Waals surface area contributed by atoms with E-state index in [2.05, 4.69) is 15.6 Å². The van der Waals surface area contributed by atoms with Gasteiger partial charge in [0.15, 0.2) is 0 Å². The van der Waals surface area contributed by atoms with E-state index in [1.807, 2.05) is 0 Å². The number of rotatable bonds is 4. The van der Waals surface area contributed by atoms with Crippen molar-refractivity contribution in [3.05, 3.63) is 23.8 Å². The van der Waals surface area contributed by atoms with Crippen molar-refractivity contribution < 1.29 is 45.6 Å². The number of hydrogen-bond acceptors (Lipinski definition) is 6. The van der Waals surface area contributed by atoms with Crippen LogP contribution in [0, 0.1) is 0 Å². The number of hydrogen-bond donors (Lipinski definition) is 5. The van der Waals surface area contributed by atoms with Crippen molar-refractivity contribution in [2.75, 3.05) is 0 Å². The van der Waals surface area contributed by atoms with Crippen molar-refractivity contribution in [2.24, 2.45) is 5.73 Å². The van der Waals surface area contributed by atoms with Gasteiger partial charge in [0, 0.05) is 0 Å². The molecule has 0 spiro atoms. The van der Waals surface area contributed by atoms with Crippen molar-refractivity contribution in [3.8, 4) is 11.5 Å². The molecule has 6 N–H and O–H groups in total. The minimum atomic E-state index is -2.79. The molecule has 98 valence electrons. The van der Waals surface area contributed by atoms with Crippen LogP contribution in [-0.4, -0.2) is 42.3 Å². The molecule has 18 heavy (non-hydrogen) atoms. The third kappa shape index (κ3) is 2.14. The Morgan fingerprint density at radius 1 is 1.22 bits per heavy atom. The van der Waals surface area contributed by atoms with Crippen molar-refractivity contribution in [1.82, 2.24) is 0 Å². The number of phenols is 2. The molecule has 8 heteroatoms. The fourth-order valence-electron chi connectivity index (χ4n) is 1.20. The molecule has 0 aliphatic rings. The molecule has 0 aromatic heterocycles. The van der Waals surface area contributed by atoms with Gasteiger partial charge in [0.1, 0.15) is 0 Å². The molecular formula is C10H9FeNO6. The minimum absolute atomic E-state index is 0.532. The van der Waals surface area contributed by atoms with Gasteiger partial charge in [-0.25, -0.2) is 0 Å². The van der Waals surface area contributed by atoms with E-state index in [9.17, 15) is 19.8 Å². The first kappa shape index (κ1) is 14.3. The third-order valence-corrected chi connectivity index (χ3v) is 2.71. The molecule has 0 amide bonds. The topological polar surface area (TPSA) is 141 Å². The number of carboxylic acids is 1. The van der Waals surface area contributed by atoms with E-state index in [1.165, 1.54) is 6.07 Å². The number of phenolic OH excluding ortho intramolecular Hbond substituents is 2. The summed E-state index contributed by atoms with van der Waals surface area (Å²) in [7, 11) is 0. The second-order valence-corrected chi connectivity index (χ2v) is 3.92. The van der Waals surface area contributed by atoms with Gasteiger partial charge in [-0.1, -0.05) is 0 Å². The van der Waals surface area contributed by atoms with E-state index in [0.29, 0.717) is 0 Å². The van der Waals surface area contributed by atoms with Crippen molar-refractivity contribution in [1.29, 1.82) is 0 Å². The predicted octanol–water partition coefficient (Wildman–Crippen LogP) is -0.888. The number of aliphatic hydroxyl groups is 1. The van der Waals surface area contributed by atoms with Gasteiger partial charge in [0.25, 0.3) is 0 Å². The number of aliphatic hydroxyl groups excluding tert-OH is 1. The summed E-state index contributed by atoms with van der Waals surface area (Å²) >= 11 is 2.93. The quantitative estimate of drug-likeness (QED) is 0.210. The summed E-state index contributed by atoms with van der Waals surface area (Å²) in [6, 6.07) is 3.37. The monoisotopic (exact) mass is 295 g/mol. The maximum atomic E-state index is 11.9. The van der Waals surface area contributed by atoms with E-state index in [-0.39, 0.29) is 0 Å². The molecule has 0 radical (unpaired) electrons. The summed E-state index contributed by atoms with van der Waals surface area (Å²) in [5.41, 5.74) is 1.97. The van der Waals surface area contributed by atoms with E-state index >= 15 is 0 Å². The molecule has 0 saturated heterocycles. The van der Waals surface area contributed by atoms with Crippen LogP contribution in [0.4, 0.5) is 0 Å². The number of ketones is 1. The first-order chi connectivity index (χ1) is 8.22. The van der Waals surface area contributed by atoms with Crippen molar-refractivity contribution in [3.63, 3.8) is 0 Å². The molecule has 0 saturated carbocycles. The van der Waals surface area contributed by atoms with Crippen LogP contribution in [0.1, 0.15) is 10.4 Å².